The lowest BCUT2D eigenvalue weighted by atomic mass is 10.2. The largest absolute Gasteiger partial charge is 0.325 e. The van der Waals surface area contributed by atoms with Crippen LogP contribution in [0, 0.1) is 0 Å². The summed E-state index contributed by atoms with van der Waals surface area (Å²) in [6.45, 7) is -0.933. The summed E-state index contributed by atoms with van der Waals surface area (Å²) in [5, 5.41) is 1.04. The Balaban J connectivity index is 2.66. The molecule has 0 N–H and O–H groups in total. The molecule has 1 aromatic carbocycles. The van der Waals surface area contributed by atoms with Gasteiger partial charge in [0.05, 0.1) is 10.0 Å². The highest BCUT2D eigenvalue weighted by molar-refractivity contribution is 8.56. The van der Waals surface area contributed by atoms with E-state index >= 15 is 0 Å². The van der Waals surface area contributed by atoms with Crippen molar-refractivity contribution < 1.29 is 9.09 Å². The topological polar surface area (TPSA) is 26.3 Å². The Morgan fingerprint density at radius 3 is 2.60 bits per heavy atom. The second-order valence-electron chi connectivity index (χ2n) is 2.98. The zero-order valence-corrected chi connectivity index (χ0v) is 11.6. The molecule has 1 unspecified atom stereocenters. The normalized spacial score (nSPS) is 14.9. The first kappa shape index (κ1) is 13.4. The average Bonchev–Trinajstić information content (AvgIpc) is 2.20. The summed E-state index contributed by atoms with van der Waals surface area (Å²) in [5.41, 5.74) is 0.980. The molecular formula is C9H11Cl2O2PS. The first-order valence-corrected chi connectivity index (χ1v) is 8.58. The third-order valence-electron chi connectivity index (χ3n) is 1.78. The Bertz CT molecular complexity index is 398. The first-order valence-electron chi connectivity index (χ1n) is 4.16. The summed E-state index contributed by atoms with van der Waals surface area (Å²) in [6.07, 6.45) is 0. The van der Waals surface area contributed by atoms with Crippen LogP contribution in [-0.4, -0.2) is 13.8 Å². The summed E-state index contributed by atoms with van der Waals surface area (Å²) < 4.78 is 16.5. The predicted molar refractivity (Wildman–Crippen MR) is 68.3 cm³/mol. The molecule has 0 spiro atoms. The smallest absolute Gasteiger partial charge is 0.254 e. The zero-order chi connectivity index (χ0) is 11.5. The number of benzene rings is 1. The lowest BCUT2D eigenvalue weighted by Gasteiger charge is -2.09. The molecule has 2 nitrogen and oxygen atoms in total. The van der Waals surface area contributed by atoms with Crippen LogP contribution < -0.4 is 0 Å². The van der Waals surface area contributed by atoms with Crippen LogP contribution in [0.3, 0.4) is 0 Å². The Hall–Kier alpha value is 0.340. The van der Waals surface area contributed by atoms with Gasteiger partial charge in [0.25, 0.3) is 6.57 Å². The molecule has 0 saturated carbocycles. The minimum atomic E-state index is -2.53. The summed E-state index contributed by atoms with van der Waals surface area (Å²) in [5.74, 6) is 0.596. The minimum absolute atomic E-state index is 0.512. The molecule has 0 aliphatic carbocycles. The highest BCUT2D eigenvalue weighted by Crippen LogP contribution is 2.56. The van der Waals surface area contributed by atoms with Crippen molar-refractivity contribution in [1.29, 1.82) is 0 Å². The van der Waals surface area contributed by atoms with E-state index in [1.54, 1.807) is 18.8 Å². The van der Waals surface area contributed by atoms with Gasteiger partial charge in [-0.2, -0.15) is 0 Å². The minimum Gasteiger partial charge on any atom is -0.325 e. The maximum absolute atomic E-state index is 11.6. The molecule has 1 rings (SSSR count). The van der Waals surface area contributed by atoms with Crippen molar-refractivity contribution >= 4 is 41.2 Å². The van der Waals surface area contributed by atoms with Gasteiger partial charge in [0.15, 0.2) is 0 Å². The van der Waals surface area contributed by atoms with Gasteiger partial charge in [-0.25, -0.2) is 0 Å². The van der Waals surface area contributed by atoms with Crippen molar-refractivity contribution in [3.8, 4) is 0 Å². The number of hydrogen-bond acceptors (Lipinski definition) is 3. The molecule has 0 heterocycles. The molecule has 0 aromatic heterocycles. The molecule has 0 fully saturated rings. The highest BCUT2D eigenvalue weighted by Gasteiger charge is 2.14. The Morgan fingerprint density at radius 2 is 2.07 bits per heavy atom. The van der Waals surface area contributed by atoms with Crippen molar-refractivity contribution in [2.24, 2.45) is 0 Å². The van der Waals surface area contributed by atoms with Crippen LogP contribution in [0.1, 0.15) is 5.56 Å². The van der Waals surface area contributed by atoms with Crippen LogP contribution in [0.5, 0.6) is 0 Å². The van der Waals surface area contributed by atoms with Crippen LogP contribution in [-0.2, 0) is 14.8 Å². The molecule has 0 aliphatic heterocycles. The number of hydrogen-bond donors (Lipinski definition) is 0. The fraction of sp³-hybridized carbons (Fsp3) is 0.333. The van der Waals surface area contributed by atoms with Gasteiger partial charge in [-0.05, 0) is 17.7 Å². The Labute approximate surface area is 103 Å². The molecule has 1 atom stereocenters. The Morgan fingerprint density at radius 1 is 1.40 bits per heavy atom. The van der Waals surface area contributed by atoms with E-state index in [0.29, 0.717) is 15.8 Å². The standard InChI is InChI=1S/C9H11Cl2O2PS/c1-13-14(2,12)15-6-7-3-4-8(10)9(11)5-7/h3-5H,6H2,1-2H3. The molecule has 1 aromatic rings. The summed E-state index contributed by atoms with van der Waals surface area (Å²) in [7, 11) is 1.45. The molecule has 0 radical (unpaired) electrons. The van der Waals surface area contributed by atoms with Crippen molar-refractivity contribution in [2.45, 2.75) is 5.75 Å². The zero-order valence-electron chi connectivity index (χ0n) is 8.37. The molecule has 0 bridgehead atoms. The third kappa shape index (κ3) is 4.38. The van der Waals surface area contributed by atoms with Crippen molar-refractivity contribution in [3.05, 3.63) is 33.8 Å². The SMILES string of the molecule is COP(C)(=O)SCc1ccc(Cl)c(Cl)c1. The van der Waals surface area contributed by atoms with E-state index in [-0.39, 0.29) is 0 Å². The van der Waals surface area contributed by atoms with Gasteiger partial charge in [-0.15, -0.1) is 0 Å². The molecule has 15 heavy (non-hydrogen) atoms. The monoisotopic (exact) mass is 284 g/mol. The van der Waals surface area contributed by atoms with Crippen LogP contribution in [0.15, 0.2) is 18.2 Å². The van der Waals surface area contributed by atoms with Gasteiger partial charge >= 0.3 is 0 Å². The van der Waals surface area contributed by atoms with Gasteiger partial charge in [0.2, 0.25) is 0 Å². The summed E-state index contributed by atoms with van der Waals surface area (Å²) in [6, 6.07) is 5.36. The van der Waals surface area contributed by atoms with Gasteiger partial charge < -0.3 is 4.52 Å². The van der Waals surface area contributed by atoms with Crippen LogP contribution in [0.25, 0.3) is 0 Å². The van der Waals surface area contributed by atoms with E-state index < -0.39 is 6.57 Å². The second-order valence-corrected chi connectivity index (χ2v) is 9.01. The molecule has 0 saturated heterocycles. The van der Waals surface area contributed by atoms with Crippen LogP contribution in [0.4, 0.5) is 0 Å². The first-order chi connectivity index (χ1) is 6.94. The summed E-state index contributed by atoms with van der Waals surface area (Å²) in [4.78, 5) is 0. The van der Waals surface area contributed by atoms with Gasteiger partial charge in [0, 0.05) is 19.5 Å². The maximum atomic E-state index is 11.6. The van der Waals surface area contributed by atoms with E-state index in [4.69, 9.17) is 27.7 Å². The lowest BCUT2D eigenvalue weighted by molar-refractivity contribution is 0.414. The van der Waals surface area contributed by atoms with Crippen LogP contribution >= 0.6 is 41.2 Å². The molecule has 6 heteroatoms. The van der Waals surface area contributed by atoms with Crippen molar-refractivity contribution in [2.75, 3.05) is 13.8 Å². The summed E-state index contributed by atoms with van der Waals surface area (Å²) >= 11 is 12.9. The fourth-order valence-electron chi connectivity index (χ4n) is 0.874. The molecule has 0 aliphatic rings. The van der Waals surface area contributed by atoms with Crippen molar-refractivity contribution in [3.63, 3.8) is 0 Å². The van der Waals surface area contributed by atoms with Crippen LogP contribution in [0.2, 0.25) is 10.0 Å². The number of rotatable bonds is 4. The fourth-order valence-corrected chi connectivity index (χ4v) is 3.33. The van der Waals surface area contributed by atoms with Gasteiger partial charge in [0.1, 0.15) is 0 Å². The van der Waals surface area contributed by atoms with Gasteiger partial charge in [-0.3, -0.25) is 4.57 Å². The average molecular weight is 285 g/mol. The maximum Gasteiger partial charge on any atom is 0.254 e. The Kier molecular flexibility index (Phi) is 5.01. The van der Waals surface area contributed by atoms with E-state index in [1.165, 1.54) is 18.5 Å². The third-order valence-corrected chi connectivity index (χ3v) is 6.36. The molecule has 0 amide bonds. The van der Waals surface area contributed by atoms with E-state index in [1.807, 2.05) is 6.07 Å². The van der Waals surface area contributed by atoms with E-state index in [2.05, 4.69) is 0 Å². The van der Waals surface area contributed by atoms with E-state index in [9.17, 15) is 4.57 Å². The highest BCUT2D eigenvalue weighted by atomic mass is 35.5. The lowest BCUT2D eigenvalue weighted by Crippen LogP contribution is -1.83. The van der Waals surface area contributed by atoms with E-state index in [0.717, 1.165) is 5.56 Å². The molecule has 84 valence electrons. The predicted octanol–water partition coefficient (Wildman–Crippen LogP) is 4.70. The quantitative estimate of drug-likeness (QED) is 0.750. The molecular weight excluding hydrogens is 274 g/mol. The van der Waals surface area contributed by atoms with Crippen molar-refractivity contribution in [1.82, 2.24) is 0 Å². The second kappa shape index (κ2) is 5.60. The number of halogens is 2. The van der Waals surface area contributed by atoms with Gasteiger partial charge in [-0.1, -0.05) is 40.6 Å².